The second-order valence-corrected chi connectivity index (χ2v) is 15.9. The number of hydrogen-bond acceptors (Lipinski definition) is 3. The zero-order valence-corrected chi connectivity index (χ0v) is 33.7. The van der Waals surface area contributed by atoms with E-state index >= 15 is 0 Å². The van der Waals surface area contributed by atoms with Gasteiger partial charge in [-0.2, -0.15) is 0 Å². The van der Waals surface area contributed by atoms with Crippen LogP contribution in [0.1, 0.15) is 0 Å². The van der Waals surface area contributed by atoms with Gasteiger partial charge in [0.25, 0.3) is 0 Å². The molecule has 3 nitrogen and oxygen atoms in total. The van der Waals surface area contributed by atoms with E-state index < -0.39 is 0 Å². The SMILES string of the molecule is c1cc(-c2nc(-c3cccc4ccccc34)nc(-c3cccc4ccccc34)n2)cc(-c2c3ccccc3c(-c3ccc(-c4ccc5ccccc5c4)cc3)c3ccccc23)c1. The third-order valence-electron chi connectivity index (χ3n) is 12.3. The smallest absolute Gasteiger partial charge is 0.164 e. The van der Waals surface area contributed by atoms with E-state index in [1.54, 1.807) is 0 Å². The molecule has 0 spiro atoms. The molecule has 0 aliphatic rings. The Morgan fingerprint density at radius 3 is 1.19 bits per heavy atom. The molecule has 0 radical (unpaired) electrons. The molecule has 0 amide bonds. The molecule has 12 aromatic rings. The number of hydrogen-bond donors (Lipinski definition) is 0. The third-order valence-corrected chi connectivity index (χ3v) is 12.3. The summed E-state index contributed by atoms with van der Waals surface area (Å²) in [5.74, 6) is 1.92. The highest BCUT2D eigenvalue weighted by Gasteiger charge is 2.19. The lowest BCUT2D eigenvalue weighted by atomic mass is 9.85. The van der Waals surface area contributed by atoms with Crippen LogP contribution in [0.15, 0.2) is 224 Å². The van der Waals surface area contributed by atoms with Gasteiger partial charge in [0.2, 0.25) is 0 Å². The molecule has 0 bridgehead atoms. The first kappa shape index (κ1) is 35.7. The van der Waals surface area contributed by atoms with Gasteiger partial charge in [0.15, 0.2) is 17.5 Å². The molecule has 12 rings (SSSR count). The third kappa shape index (κ3) is 6.10. The monoisotopic (exact) mass is 787 g/mol. The van der Waals surface area contributed by atoms with E-state index in [1.807, 2.05) is 0 Å². The minimum absolute atomic E-state index is 0.629. The lowest BCUT2D eigenvalue weighted by Gasteiger charge is -2.18. The molecular weight excluding hydrogens is 751 g/mol. The molecule has 11 aromatic carbocycles. The fourth-order valence-electron chi connectivity index (χ4n) is 9.35. The van der Waals surface area contributed by atoms with Crippen molar-refractivity contribution in [1.29, 1.82) is 0 Å². The van der Waals surface area contributed by atoms with Crippen molar-refractivity contribution in [3.05, 3.63) is 224 Å². The molecule has 3 heteroatoms. The Kier molecular flexibility index (Phi) is 8.50. The van der Waals surface area contributed by atoms with Crippen molar-refractivity contribution in [3.63, 3.8) is 0 Å². The van der Waals surface area contributed by atoms with Crippen molar-refractivity contribution in [2.45, 2.75) is 0 Å². The van der Waals surface area contributed by atoms with Crippen molar-refractivity contribution in [1.82, 2.24) is 15.0 Å². The number of aromatic nitrogens is 3. The highest BCUT2D eigenvalue weighted by atomic mass is 15.0. The maximum absolute atomic E-state index is 5.26. The quantitative estimate of drug-likeness (QED) is 0.158. The van der Waals surface area contributed by atoms with E-state index in [9.17, 15) is 0 Å². The zero-order valence-electron chi connectivity index (χ0n) is 33.7. The summed E-state index contributed by atoms with van der Waals surface area (Å²) >= 11 is 0. The van der Waals surface area contributed by atoms with Gasteiger partial charge in [-0.1, -0.05) is 212 Å². The molecule has 0 aliphatic heterocycles. The lowest BCUT2D eigenvalue weighted by Crippen LogP contribution is -2.01. The fourth-order valence-corrected chi connectivity index (χ4v) is 9.35. The maximum Gasteiger partial charge on any atom is 0.164 e. The van der Waals surface area contributed by atoms with Crippen LogP contribution in [-0.2, 0) is 0 Å². The second-order valence-electron chi connectivity index (χ2n) is 15.9. The lowest BCUT2D eigenvalue weighted by molar-refractivity contribution is 1.08. The van der Waals surface area contributed by atoms with Gasteiger partial charge in [-0.3, -0.25) is 0 Å². The van der Waals surface area contributed by atoms with Crippen LogP contribution in [0, 0.1) is 0 Å². The van der Waals surface area contributed by atoms with Crippen LogP contribution in [0.5, 0.6) is 0 Å². The standard InChI is InChI=1S/C59H37N3/c1-2-17-43-36-44(35-32-38(43)14-1)39-30-33-42(34-31-39)55-49-24-7-9-26-51(49)56(52-27-10-8-25-50(52)55)45-20-11-21-46(37-45)57-60-58(53-28-12-18-40-15-3-5-22-47(40)53)62-59(61-57)54-29-13-19-41-16-4-6-23-48(41)54/h1-37H. The predicted molar refractivity (Wildman–Crippen MR) is 260 cm³/mol. The summed E-state index contributed by atoms with van der Waals surface area (Å²) in [6, 6.07) is 80.2. The molecule has 62 heavy (non-hydrogen) atoms. The first-order valence-corrected chi connectivity index (χ1v) is 21.1. The minimum atomic E-state index is 0.629. The Morgan fingerprint density at radius 2 is 0.613 bits per heavy atom. The summed E-state index contributed by atoms with van der Waals surface area (Å²) in [7, 11) is 0. The summed E-state index contributed by atoms with van der Waals surface area (Å²) in [6.07, 6.45) is 0. The molecule has 1 aromatic heterocycles. The molecule has 0 aliphatic carbocycles. The van der Waals surface area contributed by atoms with Crippen LogP contribution >= 0.6 is 0 Å². The van der Waals surface area contributed by atoms with Gasteiger partial charge in [-0.25, -0.2) is 15.0 Å². The average molecular weight is 788 g/mol. The largest absolute Gasteiger partial charge is 0.208 e. The Balaban J connectivity index is 1.02. The minimum Gasteiger partial charge on any atom is -0.208 e. The van der Waals surface area contributed by atoms with E-state index in [0.29, 0.717) is 17.5 Å². The molecule has 1 heterocycles. The normalized spacial score (nSPS) is 11.5. The van der Waals surface area contributed by atoms with E-state index in [2.05, 4.69) is 224 Å². The van der Waals surface area contributed by atoms with Gasteiger partial charge in [-0.05, 0) is 99.4 Å². The maximum atomic E-state index is 5.26. The van der Waals surface area contributed by atoms with Crippen molar-refractivity contribution in [2.75, 3.05) is 0 Å². The number of benzene rings is 11. The number of rotatable bonds is 6. The van der Waals surface area contributed by atoms with Crippen LogP contribution in [-0.4, -0.2) is 15.0 Å². The number of fused-ring (bicyclic) bond motifs is 5. The van der Waals surface area contributed by atoms with Gasteiger partial charge in [0.05, 0.1) is 0 Å². The van der Waals surface area contributed by atoms with Crippen LogP contribution in [0.2, 0.25) is 0 Å². The fraction of sp³-hybridized carbons (Fsp3) is 0. The van der Waals surface area contributed by atoms with Gasteiger partial charge < -0.3 is 0 Å². The molecule has 0 N–H and O–H groups in total. The Hall–Kier alpha value is -8.27. The summed E-state index contributed by atoms with van der Waals surface area (Å²) in [5, 5.41) is 11.8. The molecule has 0 saturated heterocycles. The summed E-state index contributed by atoms with van der Waals surface area (Å²) < 4.78 is 0. The molecule has 288 valence electrons. The predicted octanol–water partition coefficient (Wildman–Crippen LogP) is 15.6. The van der Waals surface area contributed by atoms with Crippen molar-refractivity contribution < 1.29 is 0 Å². The van der Waals surface area contributed by atoms with Crippen molar-refractivity contribution in [2.24, 2.45) is 0 Å². The summed E-state index contributed by atoms with van der Waals surface area (Å²) in [6.45, 7) is 0. The molecular formula is C59H37N3. The van der Waals surface area contributed by atoms with Crippen LogP contribution in [0.3, 0.4) is 0 Å². The molecule has 0 unspecified atom stereocenters. The topological polar surface area (TPSA) is 38.7 Å². The Labute approximate surface area is 359 Å². The van der Waals surface area contributed by atoms with E-state index in [1.165, 1.54) is 60.1 Å². The van der Waals surface area contributed by atoms with Crippen molar-refractivity contribution >= 4 is 53.9 Å². The molecule has 0 atom stereocenters. The average Bonchev–Trinajstić information content (AvgIpc) is 3.35. The zero-order chi connectivity index (χ0) is 41.0. The number of nitrogens with zero attached hydrogens (tertiary/aromatic N) is 3. The van der Waals surface area contributed by atoms with Gasteiger partial charge in [0.1, 0.15) is 0 Å². The van der Waals surface area contributed by atoms with E-state index in [4.69, 9.17) is 15.0 Å². The van der Waals surface area contributed by atoms with Crippen LogP contribution in [0.25, 0.3) is 121 Å². The van der Waals surface area contributed by atoms with Gasteiger partial charge in [0, 0.05) is 16.7 Å². The molecule has 0 fully saturated rings. The first-order chi connectivity index (χ1) is 30.7. The second kappa shape index (κ2) is 14.8. The Bertz CT molecular complexity index is 3530. The van der Waals surface area contributed by atoms with E-state index in [-0.39, 0.29) is 0 Å². The van der Waals surface area contributed by atoms with E-state index in [0.717, 1.165) is 43.8 Å². The molecule has 0 saturated carbocycles. The van der Waals surface area contributed by atoms with Gasteiger partial charge in [-0.15, -0.1) is 0 Å². The first-order valence-electron chi connectivity index (χ1n) is 21.1. The Morgan fingerprint density at radius 1 is 0.210 bits per heavy atom. The van der Waals surface area contributed by atoms with Crippen LogP contribution < -0.4 is 0 Å². The summed E-state index contributed by atoms with van der Waals surface area (Å²) in [4.78, 5) is 15.7. The summed E-state index contributed by atoms with van der Waals surface area (Å²) in [5.41, 5.74) is 10.0. The highest BCUT2D eigenvalue weighted by molar-refractivity contribution is 6.21. The van der Waals surface area contributed by atoms with Crippen molar-refractivity contribution in [3.8, 4) is 67.5 Å². The highest BCUT2D eigenvalue weighted by Crippen LogP contribution is 2.45. The van der Waals surface area contributed by atoms with Gasteiger partial charge >= 0.3 is 0 Å². The van der Waals surface area contributed by atoms with Crippen LogP contribution in [0.4, 0.5) is 0 Å².